The van der Waals surface area contributed by atoms with Gasteiger partial charge < -0.3 is 9.64 Å². The lowest BCUT2D eigenvalue weighted by Gasteiger charge is -2.18. The van der Waals surface area contributed by atoms with Gasteiger partial charge in [-0.3, -0.25) is 9.52 Å². The van der Waals surface area contributed by atoms with Crippen LogP contribution in [0.2, 0.25) is 0 Å². The van der Waals surface area contributed by atoms with Crippen molar-refractivity contribution in [2.45, 2.75) is 13.3 Å². The van der Waals surface area contributed by atoms with Crippen molar-refractivity contribution in [2.24, 2.45) is 0 Å². The summed E-state index contributed by atoms with van der Waals surface area (Å²) in [5.74, 6) is 0.574. The van der Waals surface area contributed by atoms with Crippen molar-refractivity contribution in [3.8, 4) is 5.75 Å². The summed E-state index contributed by atoms with van der Waals surface area (Å²) in [6, 6.07) is 12.3. The molecular formula is C18H20N2O4S. The molecule has 0 saturated carbocycles. The fraction of sp³-hybridized carbons (Fsp3) is 0.278. The molecule has 7 heteroatoms. The molecule has 25 heavy (non-hydrogen) atoms. The highest BCUT2D eigenvalue weighted by Gasteiger charge is 2.26. The Bertz CT molecular complexity index is 892. The zero-order valence-electron chi connectivity index (χ0n) is 14.2. The number of anilines is 2. The Morgan fingerprint density at radius 2 is 1.92 bits per heavy atom. The standard InChI is InChI=1S/C18H20N2O4S/c1-3-25(22,23)19-15-7-4-13-10-11-20(17(13)12-15)18(21)14-5-8-16(24-2)9-6-14/h4-9,12,19H,3,10-11H2,1-2H3. The number of hydrogen-bond acceptors (Lipinski definition) is 4. The fourth-order valence-corrected chi connectivity index (χ4v) is 3.43. The number of nitrogens with one attached hydrogen (secondary N) is 1. The SMILES string of the molecule is CCS(=O)(=O)Nc1ccc2c(c1)N(C(=O)c1ccc(OC)cc1)CC2. The van der Waals surface area contributed by atoms with Crippen LogP contribution in [0, 0.1) is 0 Å². The number of hydrogen-bond donors (Lipinski definition) is 1. The monoisotopic (exact) mass is 360 g/mol. The van der Waals surface area contributed by atoms with Gasteiger partial charge in [-0.25, -0.2) is 8.42 Å². The Labute approximate surface area is 147 Å². The number of carbonyl (C=O) groups excluding carboxylic acids is 1. The highest BCUT2D eigenvalue weighted by atomic mass is 32.2. The molecule has 0 unspecified atom stereocenters. The van der Waals surface area contributed by atoms with Crippen LogP contribution in [0.25, 0.3) is 0 Å². The van der Waals surface area contributed by atoms with Gasteiger partial charge in [-0.1, -0.05) is 6.07 Å². The number of amides is 1. The molecule has 0 spiro atoms. The third kappa shape index (κ3) is 3.61. The van der Waals surface area contributed by atoms with Crippen molar-refractivity contribution in [2.75, 3.05) is 29.0 Å². The van der Waals surface area contributed by atoms with Gasteiger partial charge in [0, 0.05) is 17.8 Å². The van der Waals surface area contributed by atoms with E-state index in [0.717, 1.165) is 17.7 Å². The molecule has 1 heterocycles. The molecule has 0 aliphatic carbocycles. The van der Waals surface area contributed by atoms with Gasteiger partial charge in [0.15, 0.2) is 0 Å². The molecule has 0 radical (unpaired) electrons. The van der Waals surface area contributed by atoms with Gasteiger partial charge in [0.05, 0.1) is 18.6 Å². The van der Waals surface area contributed by atoms with E-state index in [9.17, 15) is 13.2 Å². The molecule has 2 aromatic rings. The second-order valence-electron chi connectivity index (χ2n) is 5.78. The van der Waals surface area contributed by atoms with Gasteiger partial charge in [0.2, 0.25) is 10.0 Å². The summed E-state index contributed by atoms with van der Waals surface area (Å²) >= 11 is 0. The third-order valence-corrected chi connectivity index (χ3v) is 5.52. The highest BCUT2D eigenvalue weighted by Crippen LogP contribution is 2.32. The van der Waals surface area contributed by atoms with Crippen molar-refractivity contribution in [1.82, 2.24) is 0 Å². The first-order chi connectivity index (χ1) is 11.9. The van der Waals surface area contributed by atoms with E-state index in [1.165, 1.54) is 0 Å². The van der Waals surface area contributed by atoms with Gasteiger partial charge in [0.25, 0.3) is 5.91 Å². The van der Waals surface area contributed by atoms with Crippen LogP contribution in [0.15, 0.2) is 42.5 Å². The number of methoxy groups -OCH3 is 1. The first-order valence-corrected chi connectivity index (χ1v) is 9.68. The van der Waals surface area contributed by atoms with E-state index in [1.54, 1.807) is 55.3 Å². The van der Waals surface area contributed by atoms with Crippen LogP contribution < -0.4 is 14.4 Å². The second kappa shape index (κ2) is 6.76. The van der Waals surface area contributed by atoms with Gasteiger partial charge in [0.1, 0.15) is 5.75 Å². The fourth-order valence-electron chi connectivity index (χ4n) is 2.79. The van der Waals surface area contributed by atoms with Crippen LogP contribution in [0.5, 0.6) is 5.75 Å². The Morgan fingerprint density at radius 3 is 2.56 bits per heavy atom. The number of nitrogens with zero attached hydrogens (tertiary/aromatic N) is 1. The smallest absolute Gasteiger partial charge is 0.258 e. The summed E-state index contributed by atoms with van der Waals surface area (Å²) in [7, 11) is -1.78. The minimum atomic E-state index is -3.35. The lowest BCUT2D eigenvalue weighted by molar-refractivity contribution is 0.0989. The van der Waals surface area contributed by atoms with Gasteiger partial charge >= 0.3 is 0 Å². The number of benzene rings is 2. The van der Waals surface area contributed by atoms with Crippen LogP contribution in [0.4, 0.5) is 11.4 Å². The predicted molar refractivity (Wildman–Crippen MR) is 97.9 cm³/mol. The molecule has 1 amide bonds. The molecule has 1 aliphatic rings. The number of rotatable bonds is 5. The lowest BCUT2D eigenvalue weighted by atomic mass is 10.1. The van der Waals surface area contributed by atoms with Crippen molar-refractivity contribution >= 4 is 27.3 Å². The van der Waals surface area contributed by atoms with E-state index in [-0.39, 0.29) is 11.7 Å². The molecule has 0 aromatic heterocycles. The molecule has 1 aliphatic heterocycles. The van der Waals surface area contributed by atoms with Crippen LogP contribution in [-0.4, -0.2) is 33.7 Å². The molecule has 6 nitrogen and oxygen atoms in total. The predicted octanol–water partition coefficient (Wildman–Crippen LogP) is 2.66. The van der Waals surface area contributed by atoms with Crippen molar-refractivity contribution in [1.29, 1.82) is 0 Å². The summed E-state index contributed by atoms with van der Waals surface area (Å²) in [5, 5.41) is 0. The first-order valence-electron chi connectivity index (χ1n) is 8.03. The Balaban J connectivity index is 1.88. The normalized spacial score (nSPS) is 13.4. The highest BCUT2D eigenvalue weighted by molar-refractivity contribution is 7.92. The van der Waals surface area contributed by atoms with E-state index in [1.807, 2.05) is 6.07 Å². The van der Waals surface area contributed by atoms with Gasteiger partial charge in [-0.15, -0.1) is 0 Å². The first kappa shape index (κ1) is 17.3. The average Bonchev–Trinajstić information content (AvgIpc) is 3.04. The van der Waals surface area contributed by atoms with E-state index in [4.69, 9.17) is 4.74 Å². The quantitative estimate of drug-likeness (QED) is 0.889. The number of sulfonamides is 1. The molecule has 1 N–H and O–H groups in total. The maximum atomic E-state index is 12.8. The Hall–Kier alpha value is -2.54. The number of fused-ring (bicyclic) bond motifs is 1. The van der Waals surface area contributed by atoms with Crippen molar-refractivity contribution in [3.63, 3.8) is 0 Å². The van der Waals surface area contributed by atoms with E-state index in [0.29, 0.717) is 23.5 Å². The van der Waals surface area contributed by atoms with E-state index in [2.05, 4.69) is 4.72 Å². The maximum absolute atomic E-state index is 12.8. The number of ether oxygens (including phenoxy) is 1. The molecule has 0 atom stereocenters. The maximum Gasteiger partial charge on any atom is 0.258 e. The zero-order chi connectivity index (χ0) is 18.0. The Kier molecular flexibility index (Phi) is 4.67. The molecule has 132 valence electrons. The van der Waals surface area contributed by atoms with E-state index < -0.39 is 10.0 Å². The van der Waals surface area contributed by atoms with Crippen LogP contribution in [-0.2, 0) is 16.4 Å². The molecule has 3 rings (SSSR count). The summed E-state index contributed by atoms with van der Waals surface area (Å²) < 4.78 is 31.2. The molecule has 2 aromatic carbocycles. The van der Waals surface area contributed by atoms with Crippen LogP contribution >= 0.6 is 0 Å². The molecule has 0 saturated heterocycles. The summed E-state index contributed by atoms with van der Waals surface area (Å²) in [5.41, 5.74) is 2.81. The Morgan fingerprint density at radius 1 is 1.20 bits per heavy atom. The van der Waals surface area contributed by atoms with Crippen molar-refractivity contribution < 1.29 is 17.9 Å². The van der Waals surface area contributed by atoms with Crippen LogP contribution in [0.3, 0.4) is 0 Å². The minimum Gasteiger partial charge on any atom is -0.497 e. The summed E-state index contributed by atoms with van der Waals surface area (Å²) in [6.07, 6.45) is 0.748. The number of carbonyl (C=O) groups is 1. The topological polar surface area (TPSA) is 75.7 Å². The van der Waals surface area contributed by atoms with Gasteiger partial charge in [-0.05, 0) is 55.3 Å². The largest absolute Gasteiger partial charge is 0.497 e. The van der Waals surface area contributed by atoms with Crippen molar-refractivity contribution in [3.05, 3.63) is 53.6 Å². The third-order valence-electron chi connectivity index (χ3n) is 4.22. The van der Waals surface area contributed by atoms with Crippen LogP contribution in [0.1, 0.15) is 22.8 Å². The second-order valence-corrected chi connectivity index (χ2v) is 7.80. The average molecular weight is 360 g/mol. The zero-order valence-corrected chi connectivity index (χ0v) is 15.0. The molecular weight excluding hydrogens is 340 g/mol. The van der Waals surface area contributed by atoms with E-state index >= 15 is 0 Å². The van der Waals surface area contributed by atoms with Gasteiger partial charge in [-0.2, -0.15) is 0 Å². The lowest BCUT2D eigenvalue weighted by Crippen LogP contribution is -2.28. The summed E-state index contributed by atoms with van der Waals surface area (Å²) in [6.45, 7) is 2.15. The molecule has 0 fully saturated rings. The molecule has 0 bridgehead atoms. The minimum absolute atomic E-state index is 0.00141. The summed E-state index contributed by atoms with van der Waals surface area (Å²) in [4.78, 5) is 14.5.